The highest BCUT2D eigenvalue weighted by atomic mass is 15.1. The Kier molecular flexibility index (Phi) is 3.33. The Morgan fingerprint density at radius 3 is 2.91 bits per heavy atom. The second kappa shape index (κ2) is 5.37. The Hall–Kier alpha value is -2.36. The van der Waals surface area contributed by atoms with Crippen LogP contribution in [0.5, 0.6) is 0 Å². The topological polar surface area (TPSA) is 46.5 Å². The zero-order valence-electron chi connectivity index (χ0n) is 14.0. The molecule has 0 saturated carbocycles. The number of aromatic nitrogens is 4. The average Bonchev–Trinajstić information content (AvgIpc) is 3.10. The smallest absolute Gasteiger partial charge is 0.140 e. The van der Waals surface area contributed by atoms with Crippen molar-refractivity contribution in [1.29, 1.82) is 0 Å². The van der Waals surface area contributed by atoms with Crippen molar-refractivity contribution < 1.29 is 0 Å². The lowest BCUT2D eigenvalue weighted by atomic mass is 10.1. The molecular weight excluding hydrogens is 284 g/mol. The minimum atomic E-state index is 0.991. The molecule has 1 aliphatic carbocycles. The number of rotatable bonds is 3. The summed E-state index contributed by atoms with van der Waals surface area (Å²) in [5, 5.41) is 0. The maximum Gasteiger partial charge on any atom is 0.140 e. The number of fused-ring (bicyclic) bond motifs is 2. The number of nitrogens with zero attached hydrogens (tertiary/aromatic N) is 3. The summed E-state index contributed by atoms with van der Waals surface area (Å²) < 4.78 is 2.24. The number of allylic oxidation sites excluding steroid dienone is 1. The third-order valence-corrected chi connectivity index (χ3v) is 4.64. The van der Waals surface area contributed by atoms with E-state index in [-0.39, 0.29) is 0 Å². The summed E-state index contributed by atoms with van der Waals surface area (Å²) in [6.45, 7) is 4.31. The molecule has 118 valence electrons. The van der Waals surface area contributed by atoms with E-state index in [1.807, 2.05) is 0 Å². The lowest BCUT2D eigenvalue weighted by molar-refractivity contribution is 0.808. The Labute approximate surface area is 136 Å². The van der Waals surface area contributed by atoms with Gasteiger partial charge in [0.15, 0.2) is 0 Å². The van der Waals surface area contributed by atoms with E-state index in [0.29, 0.717) is 0 Å². The second-order valence-corrected chi connectivity index (χ2v) is 6.39. The van der Waals surface area contributed by atoms with E-state index in [9.17, 15) is 0 Å². The summed E-state index contributed by atoms with van der Waals surface area (Å²) in [4.78, 5) is 13.1. The van der Waals surface area contributed by atoms with Gasteiger partial charge in [0.05, 0.1) is 16.7 Å². The Morgan fingerprint density at radius 1 is 1.26 bits per heavy atom. The quantitative estimate of drug-likeness (QED) is 0.789. The first-order chi connectivity index (χ1) is 11.2. The molecule has 1 N–H and O–H groups in total. The van der Waals surface area contributed by atoms with Crippen molar-refractivity contribution >= 4 is 17.1 Å². The zero-order valence-corrected chi connectivity index (χ0v) is 14.0. The Bertz CT molecular complexity index is 911. The van der Waals surface area contributed by atoms with Crippen LogP contribution in [0, 0.1) is 6.92 Å². The fourth-order valence-electron chi connectivity index (χ4n) is 3.48. The molecule has 1 aromatic carbocycles. The molecule has 4 heteroatoms. The van der Waals surface area contributed by atoms with Crippen LogP contribution in [0.25, 0.3) is 28.5 Å². The van der Waals surface area contributed by atoms with Crippen LogP contribution >= 0.6 is 0 Å². The summed E-state index contributed by atoms with van der Waals surface area (Å²) >= 11 is 0. The largest absolute Gasteiger partial charge is 0.342 e. The van der Waals surface area contributed by atoms with Gasteiger partial charge in [0.25, 0.3) is 0 Å². The maximum atomic E-state index is 4.85. The van der Waals surface area contributed by atoms with Crippen molar-refractivity contribution in [3.05, 3.63) is 41.0 Å². The van der Waals surface area contributed by atoms with Crippen LogP contribution < -0.4 is 0 Å². The molecule has 0 unspecified atom stereocenters. The number of nitrogens with one attached hydrogen (secondary N) is 1. The first-order valence-corrected chi connectivity index (χ1v) is 8.39. The van der Waals surface area contributed by atoms with E-state index >= 15 is 0 Å². The van der Waals surface area contributed by atoms with Gasteiger partial charge in [-0.25, -0.2) is 9.97 Å². The molecule has 0 aliphatic heterocycles. The lowest BCUT2D eigenvalue weighted by Gasteiger charge is -2.08. The molecule has 0 radical (unpaired) electrons. The third-order valence-electron chi connectivity index (χ3n) is 4.64. The maximum absolute atomic E-state index is 4.85. The monoisotopic (exact) mass is 306 g/mol. The SMILES string of the molecule is CCCc1nc2c(C)cc(-c3nc4c(n3C)CCC=C4)cc2[nH]1. The summed E-state index contributed by atoms with van der Waals surface area (Å²) in [5.74, 6) is 2.11. The number of hydrogen-bond acceptors (Lipinski definition) is 2. The van der Waals surface area contributed by atoms with Crippen molar-refractivity contribution in [1.82, 2.24) is 19.5 Å². The molecule has 23 heavy (non-hydrogen) atoms. The van der Waals surface area contributed by atoms with E-state index in [1.165, 1.54) is 11.3 Å². The van der Waals surface area contributed by atoms with Crippen molar-refractivity contribution in [2.45, 2.75) is 39.5 Å². The summed E-state index contributed by atoms with van der Waals surface area (Å²) in [6.07, 6.45) is 8.62. The van der Waals surface area contributed by atoms with Gasteiger partial charge in [0, 0.05) is 24.7 Å². The number of H-pyrrole nitrogens is 1. The number of aromatic amines is 1. The van der Waals surface area contributed by atoms with Gasteiger partial charge in [0.1, 0.15) is 11.6 Å². The fraction of sp³-hybridized carbons (Fsp3) is 0.368. The molecule has 4 rings (SSSR count). The van der Waals surface area contributed by atoms with E-state index in [1.54, 1.807) is 0 Å². The standard InChI is InChI=1S/C19H22N4/c1-4-7-17-20-15-11-13(10-12(2)18(15)22-17)19-21-14-8-5-6-9-16(14)23(19)3/h5,8,10-11H,4,6-7,9H2,1-3H3,(H,20,22). The van der Waals surface area contributed by atoms with Gasteiger partial charge in [0.2, 0.25) is 0 Å². The van der Waals surface area contributed by atoms with Crippen molar-refractivity contribution in [3.63, 3.8) is 0 Å². The zero-order chi connectivity index (χ0) is 16.0. The summed E-state index contributed by atoms with van der Waals surface area (Å²) in [5.41, 5.74) is 7.00. The average molecular weight is 306 g/mol. The predicted molar refractivity (Wildman–Crippen MR) is 94.4 cm³/mol. The molecular formula is C19H22N4. The van der Waals surface area contributed by atoms with Crippen LogP contribution in [0.4, 0.5) is 0 Å². The van der Waals surface area contributed by atoms with E-state index in [4.69, 9.17) is 9.97 Å². The Balaban J connectivity index is 1.86. The Morgan fingerprint density at radius 2 is 2.13 bits per heavy atom. The molecule has 3 aromatic rings. The van der Waals surface area contributed by atoms with Gasteiger partial charge in [-0.3, -0.25) is 0 Å². The number of benzene rings is 1. The molecule has 4 nitrogen and oxygen atoms in total. The molecule has 2 heterocycles. The highest BCUT2D eigenvalue weighted by Gasteiger charge is 2.17. The molecule has 0 atom stereocenters. The van der Waals surface area contributed by atoms with Gasteiger partial charge in [-0.2, -0.15) is 0 Å². The van der Waals surface area contributed by atoms with Crippen molar-refractivity contribution in [2.24, 2.45) is 7.05 Å². The summed E-state index contributed by atoms with van der Waals surface area (Å²) in [7, 11) is 2.12. The lowest BCUT2D eigenvalue weighted by Crippen LogP contribution is -2.01. The second-order valence-electron chi connectivity index (χ2n) is 6.39. The fourth-order valence-corrected chi connectivity index (χ4v) is 3.48. The van der Waals surface area contributed by atoms with Crippen LogP contribution in [0.3, 0.4) is 0 Å². The van der Waals surface area contributed by atoms with Crippen LogP contribution in [0.1, 0.15) is 42.5 Å². The van der Waals surface area contributed by atoms with Gasteiger partial charge >= 0.3 is 0 Å². The number of aryl methyl sites for hydroxylation is 2. The van der Waals surface area contributed by atoms with Crippen molar-refractivity contribution in [2.75, 3.05) is 0 Å². The highest BCUT2D eigenvalue weighted by molar-refractivity contribution is 5.84. The van der Waals surface area contributed by atoms with Gasteiger partial charge in [-0.15, -0.1) is 0 Å². The normalized spacial score (nSPS) is 13.7. The first kappa shape index (κ1) is 14.2. The number of hydrogen-bond donors (Lipinski definition) is 1. The van der Waals surface area contributed by atoms with Crippen LogP contribution in [-0.2, 0) is 19.9 Å². The van der Waals surface area contributed by atoms with Gasteiger partial charge < -0.3 is 9.55 Å². The third kappa shape index (κ3) is 2.29. The minimum Gasteiger partial charge on any atom is -0.342 e. The molecule has 0 fully saturated rings. The molecule has 0 saturated heterocycles. The van der Waals surface area contributed by atoms with Crippen molar-refractivity contribution in [3.8, 4) is 11.4 Å². The van der Waals surface area contributed by atoms with Crippen LogP contribution in [-0.4, -0.2) is 19.5 Å². The molecule has 0 spiro atoms. The van der Waals surface area contributed by atoms with Crippen LogP contribution in [0.2, 0.25) is 0 Å². The molecule has 0 amide bonds. The van der Waals surface area contributed by atoms with E-state index < -0.39 is 0 Å². The van der Waals surface area contributed by atoms with E-state index in [2.05, 4.69) is 54.7 Å². The minimum absolute atomic E-state index is 0.991. The van der Waals surface area contributed by atoms with Gasteiger partial charge in [-0.05, 0) is 50.0 Å². The highest BCUT2D eigenvalue weighted by Crippen LogP contribution is 2.29. The molecule has 2 aromatic heterocycles. The van der Waals surface area contributed by atoms with E-state index in [0.717, 1.165) is 59.6 Å². The molecule has 0 bridgehead atoms. The first-order valence-electron chi connectivity index (χ1n) is 8.39. The molecule has 1 aliphatic rings. The number of imidazole rings is 2. The van der Waals surface area contributed by atoms with Crippen LogP contribution in [0.15, 0.2) is 18.2 Å². The summed E-state index contributed by atoms with van der Waals surface area (Å²) in [6, 6.07) is 4.39. The van der Waals surface area contributed by atoms with Gasteiger partial charge in [-0.1, -0.05) is 13.0 Å². The predicted octanol–water partition coefficient (Wildman–Crippen LogP) is 4.18.